The minimum absolute atomic E-state index is 0.0678. The summed E-state index contributed by atoms with van der Waals surface area (Å²) >= 11 is 1.26. The van der Waals surface area contributed by atoms with Gasteiger partial charge < -0.3 is 5.32 Å². The maximum Gasteiger partial charge on any atom is 0.266 e. The van der Waals surface area contributed by atoms with E-state index in [1.165, 1.54) is 26.7 Å². The smallest absolute Gasteiger partial charge is 0.266 e. The fourth-order valence-electron chi connectivity index (χ4n) is 4.43. The van der Waals surface area contributed by atoms with Crippen molar-refractivity contribution in [2.45, 2.75) is 47.4 Å². The van der Waals surface area contributed by atoms with Gasteiger partial charge in [-0.15, -0.1) is 0 Å². The third-order valence-electron chi connectivity index (χ3n) is 6.26. The second kappa shape index (κ2) is 9.52. The predicted molar refractivity (Wildman–Crippen MR) is 132 cm³/mol. The number of aromatic nitrogens is 2. The van der Waals surface area contributed by atoms with Crippen molar-refractivity contribution >= 4 is 38.6 Å². The summed E-state index contributed by atoms with van der Waals surface area (Å²) in [6.45, 7) is 1.65. The lowest BCUT2D eigenvalue weighted by atomic mass is 10.2. The third-order valence-corrected chi connectivity index (χ3v) is 9.37. The summed E-state index contributed by atoms with van der Waals surface area (Å²) in [5.41, 5.74) is 0.666. The summed E-state index contributed by atoms with van der Waals surface area (Å²) < 4.78 is 29.2. The summed E-state index contributed by atoms with van der Waals surface area (Å²) in [5, 5.41) is 3.36. The summed E-state index contributed by atoms with van der Waals surface area (Å²) in [4.78, 5) is 31.1. The molecule has 3 heterocycles. The number of carbonyl (C=O) groups is 1. The van der Waals surface area contributed by atoms with E-state index in [2.05, 4.69) is 5.32 Å². The number of amides is 1. The summed E-state index contributed by atoms with van der Waals surface area (Å²) in [6.07, 6.45) is 4.19. The van der Waals surface area contributed by atoms with Gasteiger partial charge in [-0.05, 0) is 56.0 Å². The van der Waals surface area contributed by atoms with Crippen LogP contribution in [0.4, 0.5) is 0 Å². The average Bonchev–Trinajstić information content (AvgIpc) is 3.32. The highest BCUT2D eigenvalue weighted by molar-refractivity contribution is 8.00. The molecule has 178 valence electrons. The number of hydrogen-bond donors (Lipinski definition) is 1. The van der Waals surface area contributed by atoms with Crippen LogP contribution in [0.1, 0.15) is 32.1 Å². The van der Waals surface area contributed by atoms with E-state index in [0.29, 0.717) is 47.8 Å². The van der Waals surface area contributed by atoms with E-state index in [0.717, 1.165) is 25.7 Å². The van der Waals surface area contributed by atoms with Crippen LogP contribution < -0.4 is 10.9 Å². The molecule has 0 saturated carbocycles. The molecule has 2 aliphatic rings. The number of hydrogen-bond acceptors (Lipinski definition) is 6. The summed E-state index contributed by atoms with van der Waals surface area (Å²) in [6, 6.07) is 13.5. The number of nitrogens with zero attached hydrogens (tertiary/aromatic N) is 3. The van der Waals surface area contributed by atoms with E-state index in [-0.39, 0.29) is 21.6 Å². The molecule has 2 fully saturated rings. The Balaban J connectivity index is 1.64. The fraction of sp³-hybridized carbons (Fsp3) is 0.375. The SMILES string of the molecule is O=C1NCCCCC1Sc1nc2ccccc2c(=O)n1-c1cccc(S(=O)(=O)N2CCCC2)c1. The van der Waals surface area contributed by atoms with E-state index in [1.807, 2.05) is 6.07 Å². The molecule has 0 bridgehead atoms. The molecule has 2 saturated heterocycles. The first kappa shape index (κ1) is 23.1. The van der Waals surface area contributed by atoms with Crippen LogP contribution in [0.3, 0.4) is 0 Å². The number of nitrogens with one attached hydrogen (secondary N) is 1. The van der Waals surface area contributed by atoms with Crippen molar-refractivity contribution in [3.05, 3.63) is 58.9 Å². The second-order valence-electron chi connectivity index (χ2n) is 8.55. The van der Waals surface area contributed by atoms with Crippen LogP contribution in [0.5, 0.6) is 0 Å². The van der Waals surface area contributed by atoms with Crippen LogP contribution in [0.25, 0.3) is 16.6 Å². The Morgan fingerprint density at radius 2 is 1.76 bits per heavy atom. The first-order valence-electron chi connectivity index (χ1n) is 11.5. The number of carbonyl (C=O) groups excluding carboxylic acids is 1. The lowest BCUT2D eigenvalue weighted by Crippen LogP contribution is -2.32. The molecule has 1 aromatic heterocycles. The van der Waals surface area contributed by atoms with Crippen LogP contribution in [-0.2, 0) is 14.8 Å². The van der Waals surface area contributed by atoms with Gasteiger partial charge in [0.15, 0.2) is 5.16 Å². The van der Waals surface area contributed by atoms with Crippen molar-refractivity contribution in [1.29, 1.82) is 0 Å². The zero-order chi connectivity index (χ0) is 23.7. The zero-order valence-electron chi connectivity index (χ0n) is 18.6. The standard InChI is InChI=1S/C24H26N4O4S2/c29-22-21(12-3-4-13-25-22)33-24-26-20-11-2-1-10-19(20)23(30)28(24)17-8-7-9-18(16-17)34(31,32)27-14-5-6-15-27/h1-2,7-11,16,21H,3-6,12-15H2,(H,25,29). The minimum Gasteiger partial charge on any atom is -0.355 e. The molecular weight excluding hydrogens is 472 g/mol. The second-order valence-corrected chi connectivity index (χ2v) is 11.7. The molecule has 8 nitrogen and oxygen atoms in total. The zero-order valence-corrected chi connectivity index (χ0v) is 20.3. The monoisotopic (exact) mass is 498 g/mol. The van der Waals surface area contributed by atoms with Crippen LogP contribution in [0.2, 0.25) is 0 Å². The molecular formula is C24H26N4O4S2. The first-order chi connectivity index (χ1) is 16.4. The average molecular weight is 499 g/mol. The van der Waals surface area contributed by atoms with Crippen molar-refractivity contribution < 1.29 is 13.2 Å². The molecule has 3 aromatic rings. The lowest BCUT2D eigenvalue weighted by Gasteiger charge is -2.19. The quantitative estimate of drug-likeness (QED) is 0.543. The Labute approximate surface area is 202 Å². The summed E-state index contributed by atoms with van der Waals surface area (Å²) in [7, 11) is -3.65. The van der Waals surface area contributed by atoms with E-state index in [9.17, 15) is 18.0 Å². The highest BCUT2D eigenvalue weighted by atomic mass is 32.2. The van der Waals surface area contributed by atoms with Gasteiger partial charge in [0, 0.05) is 19.6 Å². The van der Waals surface area contributed by atoms with Crippen molar-refractivity contribution in [2.75, 3.05) is 19.6 Å². The molecule has 5 rings (SSSR count). The van der Waals surface area contributed by atoms with Crippen LogP contribution in [0, 0.1) is 0 Å². The van der Waals surface area contributed by atoms with Gasteiger partial charge in [-0.25, -0.2) is 13.4 Å². The largest absolute Gasteiger partial charge is 0.355 e. The van der Waals surface area contributed by atoms with Gasteiger partial charge in [0.25, 0.3) is 5.56 Å². The van der Waals surface area contributed by atoms with Crippen molar-refractivity contribution in [2.24, 2.45) is 0 Å². The predicted octanol–water partition coefficient (Wildman–Crippen LogP) is 2.93. The Bertz CT molecular complexity index is 1400. The highest BCUT2D eigenvalue weighted by Crippen LogP contribution is 2.30. The van der Waals surface area contributed by atoms with Gasteiger partial charge >= 0.3 is 0 Å². The molecule has 1 unspecified atom stereocenters. The maximum absolute atomic E-state index is 13.6. The molecule has 0 radical (unpaired) electrons. The number of thioether (sulfide) groups is 1. The van der Waals surface area contributed by atoms with Gasteiger partial charge in [0.05, 0.1) is 26.7 Å². The Kier molecular flexibility index (Phi) is 6.46. The van der Waals surface area contributed by atoms with E-state index in [1.54, 1.807) is 36.4 Å². The molecule has 1 N–H and O–H groups in total. The summed E-state index contributed by atoms with van der Waals surface area (Å²) in [5.74, 6) is -0.0678. The number of sulfonamides is 1. The minimum atomic E-state index is -3.65. The number of rotatable bonds is 5. The van der Waals surface area contributed by atoms with Gasteiger partial charge in [-0.2, -0.15) is 4.31 Å². The first-order valence-corrected chi connectivity index (χ1v) is 13.8. The highest BCUT2D eigenvalue weighted by Gasteiger charge is 2.29. The number of para-hydroxylation sites is 1. The molecule has 10 heteroatoms. The van der Waals surface area contributed by atoms with E-state index < -0.39 is 10.0 Å². The Morgan fingerprint density at radius 1 is 0.971 bits per heavy atom. The van der Waals surface area contributed by atoms with Crippen LogP contribution >= 0.6 is 11.8 Å². The molecule has 2 aliphatic heterocycles. The molecule has 1 atom stereocenters. The number of fused-ring (bicyclic) bond motifs is 1. The van der Waals surface area contributed by atoms with Gasteiger partial charge in [-0.1, -0.05) is 36.4 Å². The van der Waals surface area contributed by atoms with E-state index in [4.69, 9.17) is 4.98 Å². The van der Waals surface area contributed by atoms with Crippen LogP contribution in [0.15, 0.2) is 63.4 Å². The fourth-order valence-corrected chi connectivity index (χ4v) is 7.16. The van der Waals surface area contributed by atoms with Crippen molar-refractivity contribution in [1.82, 2.24) is 19.2 Å². The lowest BCUT2D eigenvalue weighted by molar-refractivity contribution is -0.120. The Hall–Kier alpha value is -2.69. The molecule has 0 spiro atoms. The van der Waals surface area contributed by atoms with Gasteiger partial charge in [0.1, 0.15) is 0 Å². The third kappa shape index (κ3) is 4.37. The van der Waals surface area contributed by atoms with Crippen LogP contribution in [-0.4, -0.2) is 53.1 Å². The topological polar surface area (TPSA) is 101 Å². The van der Waals surface area contributed by atoms with Gasteiger partial charge in [-0.3, -0.25) is 14.2 Å². The Morgan fingerprint density at radius 3 is 2.59 bits per heavy atom. The van der Waals surface area contributed by atoms with E-state index >= 15 is 0 Å². The normalized spacial score (nSPS) is 19.8. The number of benzene rings is 2. The molecule has 0 aliphatic carbocycles. The molecule has 34 heavy (non-hydrogen) atoms. The van der Waals surface area contributed by atoms with Crippen molar-refractivity contribution in [3.63, 3.8) is 0 Å². The van der Waals surface area contributed by atoms with Crippen molar-refractivity contribution in [3.8, 4) is 5.69 Å². The van der Waals surface area contributed by atoms with Gasteiger partial charge in [0.2, 0.25) is 15.9 Å². The molecule has 2 aromatic carbocycles. The maximum atomic E-state index is 13.6. The molecule has 1 amide bonds.